The third-order valence-electron chi connectivity index (χ3n) is 4.04. The molecule has 2 aromatic carbocycles. The van der Waals surface area contributed by atoms with Crippen molar-refractivity contribution >= 4 is 44.1 Å². The van der Waals surface area contributed by atoms with Gasteiger partial charge >= 0.3 is 0 Å². The van der Waals surface area contributed by atoms with Crippen molar-refractivity contribution in [2.24, 2.45) is 0 Å². The number of aromatic nitrogens is 1. The van der Waals surface area contributed by atoms with Crippen molar-refractivity contribution in [3.8, 4) is 0 Å². The molecular formula is C18H16Cl2N2O2S. The van der Waals surface area contributed by atoms with Crippen molar-refractivity contribution in [1.82, 2.24) is 9.71 Å². The van der Waals surface area contributed by atoms with E-state index in [1.165, 1.54) is 0 Å². The quantitative estimate of drug-likeness (QED) is 0.637. The SMILES string of the molecule is C=CS(=O)(=O)NCC(c1ccc(Cl)cc1Cl)c1c[nH]c2ccccc12. The molecule has 2 N–H and O–H groups in total. The van der Waals surface area contributed by atoms with E-state index in [1.807, 2.05) is 36.5 Å². The van der Waals surface area contributed by atoms with Crippen molar-refractivity contribution in [3.63, 3.8) is 0 Å². The molecule has 3 rings (SSSR count). The molecule has 1 heterocycles. The van der Waals surface area contributed by atoms with E-state index in [0.717, 1.165) is 27.4 Å². The molecule has 1 unspecified atom stereocenters. The van der Waals surface area contributed by atoms with Gasteiger partial charge in [0.15, 0.2) is 0 Å². The lowest BCUT2D eigenvalue weighted by Gasteiger charge is -2.19. The molecular weight excluding hydrogens is 379 g/mol. The predicted octanol–water partition coefficient (Wildman–Crippen LogP) is 4.67. The highest BCUT2D eigenvalue weighted by atomic mass is 35.5. The Hall–Kier alpha value is -1.79. The second-order valence-corrected chi connectivity index (χ2v) is 8.12. The molecule has 1 aromatic heterocycles. The lowest BCUT2D eigenvalue weighted by Crippen LogP contribution is -2.27. The summed E-state index contributed by atoms with van der Waals surface area (Å²) < 4.78 is 26.2. The van der Waals surface area contributed by atoms with E-state index in [4.69, 9.17) is 23.2 Å². The standard InChI is InChI=1S/C18H16Cl2N2O2S/c1-2-25(23,24)22-11-16(13-8-7-12(19)9-17(13)20)15-10-21-18-6-4-3-5-14(15)18/h2-10,16,21-22H,1,11H2. The Morgan fingerprint density at radius 1 is 1.16 bits per heavy atom. The number of sulfonamides is 1. The second kappa shape index (κ2) is 7.22. The van der Waals surface area contributed by atoms with E-state index in [1.54, 1.807) is 12.1 Å². The van der Waals surface area contributed by atoms with E-state index >= 15 is 0 Å². The van der Waals surface area contributed by atoms with Gasteiger partial charge in [-0.2, -0.15) is 0 Å². The topological polar surface area (TPSA) is 62.0 Å². The Morgan fingerprint density at radius 2 is 1.92 bits per heavy atom. The zero-order valence-electron chi connectivity index (χ0n) is 13.2. The van der Waals surface area contributed by atoms with Gasteiger partial charge in [-0.05, 0) is 29.3 Å². The van der Waals surface area contributed by atoms with Crippen LogP contribution in [-0.2, 0) is 10.0 Å². The molecule has 0 saturated carbocycles. The molecule has 3 aromatic rings. The van der Waals surface area contributed by atoms with Gasteiger partial charge in [-0.15, -0.1) is 0 Å². The Labute approximate surface area is 156 Å². The van der Waals surface area contributed by atoms with Crippen molar-refractivity contribution in [1.29, 1.82) is 0 Å². The zero-order chi connectivity index (χ0) is 18.0. The molecule has 0 aliphatic carbocycles. The summed E-state index contributed by atoms with van der Waals surface area (Å²) in [5.74, 6) is -0.282. The van der Waals surface area contributed by atoms with Gasteiger partial charge in [0, 0.05) is 45.0 Å². The van der Waals surface area contributed by atoms with Crippen LogP contribution in [0.15, 0.2) is 60.6 Å². The van der Waals surface area contributed by atoms with Crippen LogP contribution >= 0.6 is 23.2 Å². The highest BCUT2D eigenvalue weighted by molar-refractivity contribution is 7.92. The van der Waals surface area contributed by atoms with Crippen molar-refractivity contribution in [2.45, 2.75) is 5.92 Å². The minimum absolute atomic E-state index is 0.150. The molecule has 0 spiro atoms. The van der Waals surface area contributed by atoms with Crippen LogP contribution in [0, 0.1) is 0 Å². The molecule has 25 heavy (non-hydrogen) atoms. The van der Waals surface area contributed by atoms with Gasteiger partial charge in [-0.3, -0.25) is 0 Å². The second-order valence-electron chi connectivity index (χ2n) is 5.57. The summed E-state index contributed by atoms with van der Waals surface area (Å²) in [7, 11) is -3.55. The van der Waals surface area contributed by atoms with Crippen molar-refractivity contribution < 1.29 is 8.42 Å². The van der Waals surface area contributed by atoms with Gasteiger partial charge in [-0.1, -0.05) is 54.0 Å². The Balaban J connectivity index is 2.10. The number of H-pyrrole nitrogens is 1. The zero-order valence-corrected chi connectivity index (χ0v) is 15.5. The van der Waals surface area contributed by atoms with Gasteiger partial charge in [0.25, 0.3) is 0 Å². The van der Waals surface area contributed by atoms with Crippen LogP contribution in [0.1, 0.15) is 17.0 Å². The maximum absolute atomic E-state index is 11.8. The van der Waals surface area contributed by atoms with Crippen LogP contribution in [0.25, 0.3) is 10.9 Å². The van der Waals surface area contributed by atoms with Crippen LogP contribution in [0.3, 0.4) is 0 Å². The number of halogens is 2. The molecule has 130 valence electrons. The number of nitrogens with one attached hydrogen (secondary N) is 2. The van der Waals surface area contributed by atoms with E-state index < -0.39 is 10.0 Å². The molecule has 0 saturated heterocycles. The summed E-state index contributed by atoms with van der Waals surface area (Å²) in [4.78, 5) is 3.21. The molecule has 0 fully saturated rings. The number of fused-ring (bicyclic) bond motifs is 1. The predicted molar refractivity (Wildman–Crippen MR) is 104 cm³/mol. The first-order chi connectivity index (χ1) is 11.9. The lowest BCUT2D eigenvalue weighted by molar-refractivity contribution is 0.587. The number of hydrogen-bond donors (Lipinski definition) is 2. The van der Waals surface area contributed by atoms with Gasteiger partial charge in [0.05, 0.1) is 0 Å². The Kier molecular flexibility index (Phi) is 5.20. The molecule has 0 radical (unpaired) electrons. The molecule has 1 atom stereocenters. The largest absolute Gasteiger partial charge is 0.361 e. The fraction of sp³-hybridized carbons (Fsp3) is 0.111. The van der Waals surface area contributed by atoms with Crippen LogP contribution < -0.4 is 4.72 Å². The Bertz CT molecular complexity index is 1030. The lowest BCUT2D eigenvalue weighted by atomic mass is 9.91. The monoisotopic (exact) mass is 394 g/mol. The van der Waals surface area contributed by atoms with E-state index in [2.05, 4.69) is 16.3 Å². The first-order valence-electron chi connectivity index (χ1n) is 7.54. The normalized spacial score (nSPS) is 13.0. The number of hydrogen-bond acceptors (Lipinski definition) is 2. The summed E-state index contributed by atoms with van der Waals surface area (Å²) in [6, 6.07) is 13.0. The third kappa shape index (κ3) is 3.90. The van der Waals surface area contributed by atoms with Crippen LogP contribution in [0.5, 0.6) is 0 Å². The first-order valence-corrected chi connectivity index (χ1v) is 9.84. The number of rotatable bonds is 6. The summed E-state index contributed by atoms with van der Waals surface area (Å²) in [5, 5.41) is 2.91. The average Bonchev–Trinajstić information content (AvgIpc) is 3.01. The average molecular weight is 395 g/mol. The highest BCUT2D eigenvalue weighted by Gasteiger charge is 2.22. The first kappa shape index (κ1) is 18.0. The van der Waals surface area contributed by atoms with Crippen molar-refractivity contribution in [2.75, 3.05) is 6.54 Å². The van der Waals surface area contributed by atoms with Crippen LogP contribution in [-0.4, -0.2) is 19.9 Å². The molecule has 0 amide bonds. The van der Waals surface area contributed by atoms with Crippen LogP contribution in [0.4, 0.5) is 0 Å². The maximum Gasteiger partial charge on any atom is 0.233 e. The van der Waals surface area contributed by atoms with Crippen LogP contribution in [0.2, 0.25) is 10.0 Å². The summed E-state index contributed by atoms with van der Waals surface area (Å²) in [5.41, 5.74) is 2.72. The fourth-order valence-corrected chi connectivity index (χ4v) is 3.87. The van der Waals surface area contributed by atoms with Gasteiger partial charge < -0.3 is 4.98 Å². The molecule has 0 aliphatic rings. The number of para-hydroxylation sites is 1. The minimum Gasteiger partial charge on any atom is -0.361 e. The number of benzene rings is 2. The number of aromatic amines is 1. The van der Waals surface area contributed by atoms with E-state index in [9.17, 15) is 8.42 Å². The molecule has 7 heteroatoms. The van der Waals surface area contributed by atoms with Gasteiger partial charge in [0.1, 0.15) is 0 Å². The minimum atomic E-state index is -3.55. The summed E-state index contributed by atoms with van der Waals surface area (Å²) >= 11 is 12.4. The van der Waals surface area contributed by atoms with Crippen molar-refractivity contribution in [3.05, 3.63) is 81.8 Å². The summed E-state index contributed by atoms with van der Waals surface area (Å²) in [6.45, 7) is 3.48. The van der Waals surface area contributed by atoms with E-state index in [-0.39, 0.29) is 12.5 Å². The fourth-order valence-electron chi connectivity index (χ4n) is 2.81. The molecule has 4 nitrogen and oxygen atoms in total. The van der Waals surface area contributed by atoms with Gasteiger partial charge in [0.2, 0.25) is 10.0 Å². The van der Waals surface area contributed by atoms with Gasteiger partial charge in [-0.25, -0.2) is 13.1 Å². The summed E-state index contributed by atoms with van der Waals surface area (Å²) in [6.07, 6.45) is 1.88. The third-order valence-corrected chi connectivity index (χ3v) is 5.61. The van der Waals surface area contributed by atoms with E-state index in [0.29, 0.717) is 10.0 Å². The highest BCUT2D eigenvalue weighted by Crippen LogP contribution is 2.35. The Morgan fingerprint density at radius 3 is 2.64 bits per heavy atom. The molecule has 0 bridgehead atoms. The maximum atomic E-state index is 11.8. The molecule has 0 aliphatic heterocycles. The smallest absolute Gasteiger partial charge is 0.233 e.